The fraction of sp³-hybridized carbons (Fsp3) is 0.583. The van der Waals surface area contributed by atoms with Gasteiger partial charge in [0.2, 0.25) is 0 Å². The van der Waals surface area contributed by atoms with Gasteiger partial charge in [0.1, 0.15) is 6.54 Å². The molecule has 0 aromatic carbocycles. The van der Waals surface area contributed by atoms with E-state index >= 15 is 0 Å². The number of carbonyl (C=O) groups excluding carboxylic acids is 3. The van der Waals surface area contributed by atoms with E-state index in [9.17, 15) is 14.4 Å². The van der Waals surface area contributed by atoms with E-state index in [-0.39, 0.29) is 24.8 Å². The largest absolute Gasteiger partial charge is 0.461 e. The first-order chi connectivity index (χ1) is 10.1. The van der Waals surface area contributed by atoms with Crippen LogP contribution in [0, 0.1) is 0 Å². The van der Waals surface area contributed by atoms with Gasteiger partial charge >= 0.3 is 12.1 Å². The molecule has 1 aromatic heterocycles. The van der Waals surface area contributed by atoms with E-state index in [2.05, 4.69) is 15.0 Å². The van der Waals surface area contributed by atoms with Crippen molar-refractivity contribution in [1.82, 2.24) is 20.3 Å². The SMILES string of the molecule is CCOC(=O)c1nnn(CC(=O)NC(=O)OC)c1C1CC1. The summed E-state index contributed by atoms with van der Waals surface area (Å²) in [5.74, 6) is -1.01. The maximum absolute atomic E-state index is 11.8. The van der Waals surface area contributed by atoms with E-state index in [0.717, 1.165) is 20.0 Å². The maximum Gasteiger partial charge on any atom is 0.413 e. The number of nitrogens with one attached hydrogen (secondary N) is 1. The highest BCUT2D eigenvalue weighted by Gasteiger charge is 2.34. The van der Waals surface area contributed by atoms with Gasteiger partial charge in [0.25, 0.3) is 5.91 Å². The summed E-state index contributed by atoms with van der Waals surface area (Å²) in [6.45, 7) is 1.72. The predicted molar refractivity (Wildman–Crippen MR) is 68.5 cm³/mol. The van der Waals surface area contributed by atoms with Crippen LogP contribution in [0.3, 0.4) is 0 Å². The molecule has 1 fully saturated rings. The molecule has 0 atom stereocenters. The molecular formula is C12H16N4O5. The number of nitrogens with zero attached hydrogens (tertiary/aromatic N) is 3. The van der Waals surface area contributed by atoms with Gasteiger partial charge in [-0.1, -0.05) is 5.21 Å². The first kappa shape index (κ1) is 14.9. The van der Waals surface area contributed by atoms with Gasteiger partial charge in [0, 0.05) is 5.92 Å². The molecule has 0 saturated heterocycles. The Morgan fingerprint density at radius 2 is 2.10 bits per heavy atom. The summed E-state index contributed by atoms with van der Waals surface area (Å²) in [6, 6.07) is 0. The third-order valence-electron chi connectivity index (χ3n) is 2.93. The zero-order valence-corrected chi connectivity index (χ0v) is 11.8. The molecule has 0 radical (unpaired) electrons. The van der Waals surface area contributed by atoms with Crippen molar-refractivity contribution >= 4 is 18.0 Å². The van der Waals surface area contributed by atoms with Crippen LogP contribution < -0.4 is 5.32 Å². The monoisotopic (exact) mass is 296 g/mol. The highest BCUT2D eigenvalue weighted by atomic mass is 16.5. The van der Waals surface area contributed by atoms with Gasteiger partial charge in [-0.3, -0.25) is 10.1 Å². The standard InChI is InChI=1S/C12H16N4O5/c1-3-21-11(18)9-10(7-4-5-7)16(15-14-9)6-8(17)13-12(19)20-2/h7H,3-6H2,1-2H3,(H,13,17,19). The summed E-state index contributed by atoms with van der Waals surface area (Å²) in [5.41, 5.74) is 0.707. The fourth-order valence-electron chi connectivity index (χ4n) is 1.88. The summed E-state index contributed by atoms with van der Waals surface area (Å²) in [6.07, 6.45) is 0.954. The number of amides is 2. The van der Waals surface area contributed by atoms with Crippen molar-refractivity contribution in [3.05, 3.63) is 11.4 Å². The number of imide groups is 1. The lowest BCUT2D eigenvalue weighted by atomic mass is 10.2. The smallest absolute Gasteiger partial charge is 0.413 e. The zero-order chi connectivity index (χ0) is 15.4. The molecule has 0 spiro atoms. The number of alkyl carbamates (subject to hydrolysis) is 1. The molecule has 2 rings (SSSR count). The molecule has 1 aromatic rings. The van der Waals surface area contributed by atoms with Crippen molar-refractivity contribution in [3.8, 4) is 0 Å². The Morgan fingerprint density at radius 1 is 1.38 bits per heavy atom. The normalized spacial score (nSPS) is 13.6. The number of ether oxygens (including phenoxy) is 2. The van der Waals surface area contributed by atoms with Crippen LogP contribution in [0.2, 0.25) is 0 Å². The molecule has 2 amide bonds. The third-order valence-corrected chi connectivity index (χ3v) is 2.93. The van der Waals surface area contributed by atoms with Crippen LogP contribution in [0.25, 0.3) is 0 Å². The lowest BCUT2D eigenvalue weighted by Gasteiger charge is -2.06. The second-order valence-corrected chi connectivity index (χ2v) is 4.52. The van der Waals surface area contributed by atoms with E-state index in [1.54, 1.807) is 6.92 Å². The first-order valence-corrected chi connectivity index (χ1v) is 6.55. The number of carbonyl (C=O) groups is 3. The van der Waals surface area contributed by atoms with Gasteiger partial charge in [0.15, 0.2) is 5.69 Å². The van der Waals surface area contributed by atoms with Crippen molar-refractivity contribution < 1.29 is 23.9 Å². The lowest BCUT2D eigenvalue weighted by Crippen LogP contribution is -2.33. The van der Waals surface area contributed by atoms with Gasteiger partial charge in [-0.05, 0) is 19.8 Å². The Hall–Kier alpha value is -2.45. The number of esters is 1. The minimum Gasteiger partial charge on any atom is -0.461 e. The Balaban J connectivity index is 2.14. The average molecular weight is 296 g/mol. The Morgan fingerprint density at radius 3 is 2.67 bits per heavy atom. The van der Waals surface area contributed by atoms with Crippen molar-refractivity contribution in [1.29, 1.82) is 0 Å². The van der Waals surface area contributed by atoms with Crippen molar-refractivity contribution in [2.75, 3.05) is 13.7 Å². The molecule has 21 heavy (non-hydrogen) atoms. The van der Waals surface area contributed by atoms with Crippen LogP contribution in [-0.4, -0.2) is 46.7 Å². The summed E-state index contributed by atoms with van der Waals surface area (Å²) < 4.78 is 10.6. The van der Waals surface area contributed by atoms with E-state index in [1.165, 1.54) is 4.68 Å². The minimum absolute atomic E-state index is 0.130. The number of hydrogen-bond donors (Lipinski definition) is 1. The molecule has 1 aliphatic rings. The maximum atomic E-state index is 11.8. The molecule has 114 valence electrons. The number of aromatic nitrogens is 3. The lowest BCUT2D eigenvalue weighted by molar-refractivity contribution is -0.121. The van der Waals surface area contributed by atoms with Crippen LogP contribution >= 0.6 is 0 Å². The number of rotatable bonds is 5. The molecule has 0 bridgehead atoms. The van der Waals surface area contributed by atoms with Crippen LogP contribution in [0.15, 0.2) is 0 Å². The van der Waals surface area contributed by atoms with E-state index in [4.69, 9.17) is 4.74 Å². The van der Waals surface area contributed by atoms with Gasteiger partial charge in [-0.2, -0.15) is 0 Å². The van der Waals surface area contributed by atoms with Gasteiger partial charge in [0.05, 0.1) is 19.4 Å². The molecule has 1 aliphatic carbocycles. The minimum atomic E-state index is -0.848. The van der Waals surface area contributed by atoms with Crippen LogP contribution in [0.4, 0.5) is 4.79 Å². The van der Waals surface area contributed by atoms with Gasteiger partial charge < -0.3 is 9.47 Å². The van der Waals surface area contributed by atoms with Crippen LogP contribution in [0.5, 0.6) is 0 Å². The van der Waals surface area contributed by atoms with Gasteiger partial charge in [-0.25, -0.2) is 14.3 Å². The number of methoxy groups -OCH3 is 1. The predicted octanol–water partition coefficient (Wildman–Crippen LogP) is 0.215. The topological polar surface area (TPSA) is 112 Å². The fourth-order valence-corrected chi connectivity index (χ4v) is 1.88. The first-order valence-electron chi connectivity index (χ1n) is 6.55. The van der Waals surface area contributed by atoms with Crippen LogP contribution in [0.1, 0.15) is 41.9 Å². The third kappa shape index (κ3) is 3.56. The van der Waals surface area contributed by atoms with Crippen molar-refractivity contribution in [3.63, 3.8) is 0 Å². The van der Waals surface area contributed by atoms with E-state index in [0.29, 0.717) is 5.69 Å². The van der Waals surface area contributed by atoms with Crippen molar-refractivity contribution in [2.45, 2.75) is 32.2 Å². The quantitative estimate of drug-likeness (QED) is 0.773. The summed E-state index contributed by atoms with van der Waals surface area (Å²) in [7, 11) is 1.16. The van der Waals surface area contributed by atoms with E-state index in [1.807, 2.05) is 5.32 Å². The average Bonchev–Trinajstić information content (AvgIpc) is 3.20. The summed E-state index contributed by atoms with van der Waals surface area (Å²) in [5, 5.41) is 9.62. The highest BCUT2D eigenvalue weighted by molar-refractivity contribution is 5.92. The molecule has 1 saturated carbocycles. The Bertz CT molecular complexity index is 564. The number of hydrogen-bond acceptors (Lipinski definition) is 7. The summed E-state index contributed by atoms with van der Waals surface area (Å²) in [4.78, 5) is 34.4. The van der Waals surface area contributed by atoms with Crippen molar-refractivity contribution in [2.24, 2.45) is 0 Å². The molecule has 0 aliphatic heterocycles. The summed E-state index contributed by atoms with van der Waals surface area (Å²) >= 11 is 0. The molecule has 0 unspecified atom stereocenters. The van der Waals surface area contributed by atoms with E-state index < -0.39 is 18.0 Å². The second-order valence-electron chi connectivity index (χ2n) is 4.52. The molecule has 1 N–H and O–H groups in total. The molecular weight excluding hydrogens is 280 g/mol. The van der Waals surface area contributed by atoms with Gasteiger partial charge in [-0.15, -0.1) is 5.10 Å². The Labute approximate surface area is 120 Å². The highest BCUT2D eigenvalue weighted by Crippen LogP contribution is 2.41. The van der Waals surface area contributed by atoms with Crippen LogP contribution in [-0.2, 0) is 20.8 Å². The second kappa shape index (κ2) is 6.33. The molecule has 1 heterocycles. The molecule has 9 nitrogen and oxygen atoms in total. The molecule has 9 heteroatoms. The Kier molecular flexibility index (Phi) is 4.51. The zero-order valence-electron chi connectivity index (χ0n) is 11.8.